The minimum absolute atomic E-state index is 0.0506. The lowest BCUT2D eigenvalue weighted by Gasteiger charge is -2.03. The predicted octanol–water partition coefficient (Wildman–Crippen LogP) is 3.25. The minimum Gasteiger partial charge on any atom is -0.391 e. The Balaban J connectivity index is 1.82. The third-order valence-corrected chi connectivity index (χ3v) is 2.58. The fourth-order valence-corrected chi connectivity index (χ4v) is 1.53. The molecule has 7 heteroatoms. The summed E-state index contributed by atoms with van der Waals surface area (Å²) in [4.78, 5) is 16.3. The van der Waals surface area contributed by atoms with Gasteiger partial charge in [-0.25, -0.2) is 13.2 Å². The lowest BCUT2D eigenvalue weighted by atomic mass is 10.2. The van der Waals surface area contributed by atoms with Gasteiger partial charge in [-0.05, 0) is 29.8 Å². The second-order valence-corrected chi connectivity index (χ2v) is 4.25. The number of nitrogens with one attached hydrogen (secondary N) is 1. The van der Waals surface area contributed by atoms with Crippen LogP contribution in [0.1, 0.15) is 5.56 Å². The van der Waals surface area contributed by atoms with Crippen LogP contribution in [-0.2, 0) is 16.2 Å². The van der Waals surface area contributed by atoms with Crippen molar-refractivity contribution in [1.29, 1.82) is 0 Å². The molecule has 114 valence electrons. The number of halogens is 3. The zero-order chi connectivity index (χ0) is 15.9. The highest BCUT2D eigenvalue weighted by Gasteiger charge is 2.06. The second kappa shape index (κ2) is 7.26. The Morgan fingerprint density at radius 1 is 1.09 bits per heavy atom. The maximum Gasteiger partial charge on any atom is 0.270 e. The molecule has 0 fully saturated rings. The van der Waals surface area contributed by atoms with Crippen molar-refractivity contribution in [2.45, 2.75) is 6.61 Å². The molecular weight excluding hydrogens is 297 g/mol. The van der Waals surface area contributed by atoms with E-state index in [1.165, 1.54) is 24.3 Å². The van der Waals surface area contributed by atoms with Gasteiger partial charge in [0.2, 0.25) is 0 Å². The van der Waals surface area contributed by atoms with Gasteiger partial charge in [-0.2, -0.15) is 0 Å². The average Bonchev–Trinajstić information content (AvgIpc) is 2.48. The van der Waals surface area contributed by atoms with Crippen molar-refractivity contribution in [2.75, 3.05) is 5.32 Å². The molecule has 0 aliphatic carbocycles. The van der Waals surface area contributed by atoms with E-state index in [2.05, 4.69) is 10.5 Å². The normalized spacial score (nSPS) is 10.7. The molecular formula is C15H11F3N2O2. The van der Waals surface area contributed by atoms with Crippen LogP contribution in [0.5, 0.6) is 0 Å². The summed E-state index contributed by atoms with van der Waals surface area (Å²) in [5.41, 5.74) is 0.500. The molecule has 0 aliphatic rings. The highest BCUT2D eigenvalue weighted by molar-refractivity contribution is 6.31. The molecule has 0 aromatic heterocycles. The van der Waals surface area contributed by atoms with Gasteiger partial charge in [-0.15, -0.1) is 0 Å². The molecule has 4 nitrogen and oxygen atoms in total. The van der Waals surface area contributed by atoms with E-state index in [-0.39, 0.29) is 18.1 Å². The van der Waals surface area contributed by atoms with E-state index in [0.717, 1.165) is 18.3 Å². The molecule has 0 atom stereocenters. The topological polar surface area (TPSA) is 50.7 Å². The van der Waals surface area contributed by atoms with Crippen LogP contribution >= 0.6 is 0 Å². The van der Waals surface area contributed by atoms with Crippen molar-refractivity contribution >= 4 is 17.8 Å². The summed E-state index contributed by atoms with van der Waals surface area (Å²) < 4.78 is 38.7. The highest BCUT2D eigenvalue weighted by atomic mass is 19.1. The number of nitrogens with zero attached hydrogens (tertiary/aromatic N) is 1. The number of amides is 1. The Kier molecular flexibility index (Phi) is 5.13. The van der Waals surface area contributed by atoms with Crippen molar-refractivity contribution in [1.82, 2.24) is 0 Å². The number of anilines is 1. The second-order valence-electron chi connectivity index (χ2n) is 4.25. The van der Waals surface area contributed by atoms with Crippen LogP contribution in [0, 0.1) is 17.5 Å². The first kappa shape index (κ1) is 15.6. The molecule has 2 aromatic carbocycles. The van der Waals surface area contributed by atoms with Gasteiger partial charge in [0.25, 0.3) is 5.91 Å². The van der Waals surface area contributed by atoms with Crippen LogP contribution in [-0.4, -0.2) is 12.1 Å². The van der Waals surface area contributed by atoms with Crippen LogP contribution in [0.2, 0.25) is 0 Å². The van der Waals surface area contributed by atoms with E-state index in [9.17, 15) is 18.0 Å². The maximum atomic E-state index is 13.3. The third-order valence-electron chi connectivity index (χ3n) is 2.58. The first-order chi connectivity index (χ1) is 10.5. The quantitative estimate of drug-likeness (QED) is 0.681. The van der Waals surface area contributed by atoms with Crippen molar-refractivity contribution in [3.05, 3.63) is 65.5 Å². The van der Waals surface area contributed by atoms with E-state index in [1.807, 2.05) is 0 Å². The summed E-state index contributed by atoms with van der Waals surface area (Å²) in [6, 6.07) is 8.32. The van der Waals surface area contributed by atoms with Gasteiger partial charge in [0.05, 0.1) is 5.69 Å². The van der Waals surface area contributed by atoms with Gasteiger partial charge in [0.1, 0.15) is 30.3 Å². The lowest BCUT2D eigenvalue weighted by Crippen LogP contribution is -2.14. The number of carbonyl (C=O) groups is 1. The van der Waals surface area contributed by atoms with Crippen molar-refractivity contribution < 1.29 is 22.8 Å². The van der Waals surface area contributed by atoms with Gasteiger partial charge in [-0.1, -0.05) is 17.3 Å². The minimum atomic E-state index is -0.894. The zero-order valence-corrected chi connectivity index (χ0v) is 11.2. The summed E-state index contributed by atoms with van der Waals surface area (Å²) in [6.45, 7) is 0.0506. The van der Waals surface area contributed by atoms with E-state index >= 15 is 0 Å². The molecule has 0 radical (unpaired) electrons. The molecule has 22 heavy (non-hydrogen) atoms. The summed E-state index contributed by atoms with van der Waals surface area (Å²) in [7, 11) is 0. The van der Waals surface area contributed by atoms with Crippen molar-refractivity contribution in [2.24, 2.45) is 5.16 Å². The fraction of sp³-hybridized carbons (Fsp3) is 0.0667. The third kappa shape index (κ3) is 4.62. The zero-order valence-electron chi connectivity index (χ0n) is 11.2. The van der Waals surface area contributed by atoms with Crippen LogP contribution < -0.4 is 5.32 Å². The average molecular weight is 308 g/mol. The van der Waals surface area contributed by atoms with Crippen molar-refractivity contribution in [3.8, 4) is 0 Å². The van der Waals surface area contributed by atoms with Crippen LogP contribution in [0.25, 0.3) is 0 Å². The summed E-state index contributed by atoms with van der Waals surface area (Å²) >= 11 is 0. The standard InChI is InChI=1S/C15H11F3N2O2/c16-11-3-1-10(2-4-11)9-22-19-8-15(21)20-14-6-5-12(17)7-13(14)18/h1-8H,9H2,(H,20,21)/b19-8+. The number of oxime groups is 1. The molecule has 1 N–H and O–H groups in total. The van der Waals surface area contributed by atoms with E-state index in [4.69, 9.17) is 4.84 Å². The van der Waals surface area contributed by atoms with Gasteiger partial charge >= 0.3 is 0 Å². The molecule has 0 saturated carbocycles. The summed E-state index contributed by atoms with van der Waals surface area (Å²) in [5, 5.41) is 5.59. The smallest absolute Gasteiger partial charge is 0.270 e. The van der Waals surface area contributed by atoms with Crippen LogP contribution in [0.3, 0.4) is 0 Å². The van der Waals surface area contributed by atoms with Gasteiger partial charge in [0.15, 0.2) is 0 Å². The number of carbonyl (C=O) groups excluding carboxylic acids is 1. The summed E-state index contributed by atoms with van der Waals surface area (Å²) in [6.07, 6.45) is 0.812. The highest BCUT2D eigenvalue weighted by Crippen LogP contribution is 2.14. The first-order valence-corrected chi connectivity index (χ1v) is 6.20. The predicted molar refractivity (Wildman–Crippen MR) is 74.7 cm³/mol. The molecule has 0 heterocycles. The van der Waals surface area contributed by atoms with Crippen molar-refractivity contribution in [3.63, 3.8) is 0 Å². The first-order valence-electron chi connectivity index (χ1n) is 6.20. The molecule has 0 aliphatic heterocycles. The molecule has 0 bridgehead atoms. The van der Waals surface area contributed by atoms with E-state index < -0.39 is 17.5 Å². The van der Waals surface area contributed by atoms with Gasteiger partial charge in [-0.3, -0.25) is 4.79 Å². The number of benzene rings is 2. The Morgan fingerprint density at radius 2 is 1.77 bits per heavy atom. The molecule has 2 aromatic rings. The largest absolute Gasteiger partial charge is 0.391 e. The molecule has 1 amide bonds. The Hall–Kier alpha value is -2.83. The maximum absolute atomic E-state index is 13.3. The van der Waals surface area contributed by atoms with Gasteiger partial charge in [0, 0.05) is 6.07 Å². The van der Waals surface area contributed by atoms with E-state index in [1.54, 1.807) is 0 Å². The Labute approximate surface area is 124 Å². The molecule has 0 unspecified atom stereocenters. The SMILES string of the molecule is O=C(/C=N/OCc1ccc(F)cc1)Nc1ccc(F)cc1F. The monoisotopic (exact) mass is 308 g/mol. The fourth-order valence-electron chi connectivity index (χ4n) is 1.53. The van der Waals surface area contributed by atoms with Gasteiger partial charge < -0.3 is 10.2 Å². The number of hydrogen-bond donors (Lipinski definition) is 1. The lowest BCUT2D eigenvalue weighted by molar-refractivity contribution is -0.110. The number of hydrogen-bond acceptors (Lipinski definition) is 3. The number of rotatable bonds is 5. The van der Waals surface area contributed by atoms with Crippen LogP contribution in [0.4, 0.5) is 18.9 Å². The molecule has 0 spiro atoms. The van der Waals surface area contributed by atoms with Crippen LogP contribution in [0.15, 0.2) is 47.6 Å². The Bertz CT molecular complexity index is 688. The molecule has 0 saturated heterocycles. The molecule has 2 rings (SSSR count). The Morgan fingerprint density at radius 3 is 2.45 bits per heavy atom. The van der Waals surface area contributed by atoms with E-state index in [0.29, 0.717) is 11.6 Å². The summed E-state index contributed by atoms with van der Waals surface area (Å²) in [5.74, 6) is -2.74.